The molecule has 1 unspecified atom stereocenters. The minimum absolute atomic E-state index is 0.232. The molecule has 0 radical (unpaired) electrons. The van der Waals surface area contributed by atoms with Crippen LogP contribution in [0.4, 0.5) is 0 Å². The molecule has 2 aromatic rings. The second-order valence-electron chi connectivity index (χ2n) is 6.96. The monoisotopic (exact) mass is 370 g/mol. The molecule has 0 aromatic carbocycles. The normalized spacial score (nSPS) is 14.4. The molecule has 142 valence electrons. The van der Waals surface area contributed by atoms with Gasteiger partial charge in [-0.3, -0.25) is 19.2 Å². The fourth-order valence-electron chi connectivity index (χ4n) is 3.02. The molecule has 1 atom stereocenters. The molecule has 8 heteroatoms. The highest BCUT2D eigenvalue weighted by Gasteiger charge is 2.32. The van der Waals surface area contributed by atoms with Crippen molar-refractivity contribution in [1.29, 1.82) is 0 Å². The van der Waals surface area contributed by atoms with Gasteiger partial charge in [-0.2, -0.15) is 0 Å². The Morgan fingerprint density at radius 2 is 1.48 bits per heavy atom. The van der Waals surface area contributed by atoms with Gasteiger partial charge < -0.3 is 20.6 Å². The number of rotatable bonds is 6. The van der Waals surface area contributed by atoms with Gasteiger partial charge in [0.25, 0.3) is 11.8 Å². The summed E-state index contributed by atoms with van der Waals surface area (Å²) in [4.78, 5) is 53.0. The van der Waals surface area contributed by atoms with Crippen molar-refractivity contribution in [3.05, 3.63) is 67.5 Å². The minimum atomic E-state index is -0.365. The fourth-order valence-corrected chi connectivity index (χ4v) is 3.02. The Morgan fingerprint density at radius 3 is 1.96 bits per heavy atom. The van der Waals surface area contributed by atoms with Crippen molar-refractivity contribution in [3.63, 3.8) is 0 Å². The highest BCUT2D eigenvalue weighted by molar-refractivity contribution is 5.95. The number of carbonyl (C=O) groups excluding carboxylic acids is 2. The molecule has 1 fully saturated rings. The molecular formula is C19H22N4O4. The van der Waals surface area contributed by atoms with E-state index < -0.39 is 0 Å². The van der Waals surface area contributed by atoms with E-state index in [-0.39, 0.29) is 41.1 Å². The van der Waals surface area contributed by atoms with Gasteiger partial charge in [0.2, 0.25) is 11.1 Å². The summed E-state index contributed by atoms with van der Waals surface area (Å²) < 4.78 is 0. The van der Waals surface area contributed by atoms with Crippen LogP contribution in [0.25, 0.3) is 0 Å². The Morgan fingerprint density at radius 1 is 0.963 bits per heavy atom. The summed E-state index contributed by atoms with van der Waals surface area (Å²) in [7, 11) is 0. The number of pyridine rings is 2. The number of aryl methyl sites for hydroxylation is 2. The first kappa shape index (κ1) is 18.6. The quantitative estimate of drug-likeness (QED) is 0.595. The number of aromatic amines is 2. The molecule has 2 amide bonds. The molecule has 0 aliphatic heterocycles. The molecule has 1 aliphatic carbocycles. The van der Waals surface area contributed by atoms with Crippen LogP contribution in [0.15, 0.2) is 33.9 Å². The second-order valence-corrected chi connectivity index (χ2v) is 6.96. The van der Waals surface area contributed by atoms with Crippen LogP contribution in [-0.4, -0.2) is 34.4 Å². The van der Waals surface area contributed by atoms with Crippen LogP contribution in [0.5, 0.6) is 0 Å². The molecular weight excluding hydrogens is 348 g/mol. The molecule has 1 saturated carbocycles. The fraction of sp³-hybridized carbons (Fsp3) is 0.368. The third-order valence-corrected chi connectivity index (χ3v) is 4.47. The number of aromatic nitrogens is 2. The molecule has 27 heavy (non-hydrogen) atoms. The summed E-state index contributed by atoms with van der Waals surface area (Å²) in [6, 6.07) is 5.47. The summed E-state index contributed by atoms with van der Waals surface area (Å²) in [5.41, 5.74) is 1.11. The number of amides is 2. The molecule has 2 aromatic heterocycles. The van der Waals surface area contributed by atoms with E-state index in [1.165, 1.54) is 12.1 Å². The molecule has 1 aliphatic rings. The van der Waals surface area contributed by atoms with Crippen LogP contribution in [0, 0.1) is 19.8 Å². The zero-order chi connectivity index (χ0) is 19.6. The molecule has 0 saturated heterocycles. The van der Waals surface area contributed by atoms with E-state index in [2.05, 4.69) is 20.6 Å². The van der Waals surface area contributed by atoms with Gasteiger partial charge in [-0.15, -0.1) is 0 Å². The van der Waals surface area contributed by atoms with Gasteiger partial charge in [-0.25, -0.2) is 0 Å². The maximum Gasteiger partial charge on any atom is 0.251 e. The largest absolute Gasteiger partial charge is 0.350 e. The van der Waals surface area contributed by atoms with Crippen molar-refractivity contribution < 1.29 is 9.59 Å². The maximum atomic E-state index is 12.5. The number of H-pyrrole nitrogens is 2. The first-order valence-corrected chi connectivity index (χ1v) is 8.83. The first-order chi connectivity index (χ1) is 12.8. The van der Waals surface area contributed by atoms with Gasteiger partial charge in [0, 0.05) is 47.2 Å². The van der Waals surface area contributed by atoms with E-state index in [0.717, 1.165) is 12.8 Å². The average molecular weight is 370 g/mol. The predicted octanol–water partition coefficient (Wildman–Crippen LogP) is 0.618. The lowest BCUT2D eigenvalue weighted by Gasteiger charge is -2.19. The first-order valence-electron chi connectivity index (χ1n) is 8.83. The van der Waals surface area contributed by atoms with Crippen molar-refractivity contribution in [2.24, 2.45) is 5.92 Å². The molecule has 2 heterocycles. The predicted molar refractivity (Wildman–Crippen MR) is 99.9 cm³/mol. The Bertz CT molecular complexity index is 988. The third kappa shape index (κ3) is 4.93. The van der Waals surface area contributed by atoms with Crippen molar-refractivity contribution in [1.82, 2.24) is 20.6 Å². The van der Waals surface area contributed by atoms with E-state index in [4.69, 9.17) is 0 Å². The SMILES string of the molecule is Cc1cc(C(=O)NCC(NC(=O)c2cc(C)[nH]c(=O)c2)C2CC2)cc(=O)[nH]1. The van der Waals surface area contributed by atoms with Crippen molar-refractivity contribution in [3.8, 4) is 0 Å². The van der Waals surface area contributed by atoms with Crippen LogP contribution < -0.4 is 21.8 Å². The lowest BCUT2D eigenvalue weighted by molar-refractivity contribution is 0.0903. The topological polar surface area (TPSA) is 124 Å². The van der Waals surface area contributed by atoms with E-state index in [0.29, 0.717) is 22.9 Å². The maximum absolute atomic E-state index is 12.5. The van der Waals surface area contributed by atoms with E-state index >= 15 is 0 Å². The summed E-state index contributed by atoms with van der Waals surface area (Å²) in [5.74, 6) is -0.420. The smallest absolute Gasteiger partial charge is 0.251 e. The summed E-state index contributed by atoms with van der Waals surface area (Å²) >= 11 is 0. The standard InChI is InChI=1S/C19H22N4O4/c1-10-5-13(7-16(24)21-10)18(26)20-9-15(12-3-4-12)23-19(27)14-6-11(2)22-17(25)8-14/h5-8,12,15H,3-4,9H2,1-2H3,(H,20,26)(H,21,24)(H,22,25)(H,23,27). The summed E-state index contributed by atoms with van der Waals surface area (Å²) in [5, 5.41) is 5.69. The summed E-state index contributed by atoms with van der Waals surface area (Å²) in [6.07, 6.45) is 1.94. The molecule has 4 N–H and O–H groups in total. The molecule has 3 rings (SSSR count). The van der Waals surface area contributed by atoms with Gasteiger partial charge in [-0.1, -0.05) is 0 Å². The van der Waals surface area contributed by atoms with Gasteiger partial charge in [0.1, 0.15) is 0 Å². The van der Waals surface area contributed by atoms with Crippen LogP contribution >= 0.6 is 0 Å². The van der Waals surface area contributed by atoms with Crippen LogP contribution in [-0.2, 0) is 0 Å². The van der Waals surface area contributed by atoms with Gasteiger partial charge in [0.15, 0.2) is 0 Å². The highest BCUT2D eigenvalue weighted by Crippen LogP contribution is 2.32. The van der Waals surface area contributed by atoms with Crippen LogP contribution in [0.1, 0.15) is 44.9 Å². The Kier molecular flexibility index (Phi) is 5.25. The number of hydrogen-bond donors (Lipinski definition) is 4. The van der Waals surface area contributed by atoms with Crippen LogP contribution in [0.3, 0.4) is 0 Å². The lowest BCUT2D eigenvalue weighted by atomic mass is 10.1. The number of carbonyl (C=O) groups is 2. The van der Waals surface area contributed by atoms with Crippen LogP contribution in [0.2, 0.25) is 0 Å². The van der Waals surface area contributed by atoms with Gasteiger partial charge >= 0.3 is 0 Å². The molecule has 8 nitrogen and oxygen atoms in total. The Labute approximate surface area is 155 Å². The van der Waals surface area contributed by atoms with E-state index in [1.54, 1.807) is 26.0 Å². The van der Waals surface area contributed by atoms with E-state index in [1.807, 2.05) is 0 Å². The van der Waals surface area contributed by atoms with Gasteiger partial charge in [0.05, 0.1) is 0 Å². The minimum Gasteiger partial charge on any atom is -0.350 e. The van der Waals surface area contributed by atoms with Crippen molar-refractivity contribution in [2.75, 3.05) is 6.54 Å². The molecule has 0 spiro atoms. The number of nitrogens with one attached hydrogen (secondary N) is 4. The summed E-state index contributed by atoms with van der Waals surface area (Å²) in [6.45, 7) is 3.67. The Balaban J connectivity index is 1.66. The van der Waals surface area contributed by atoms with Crippen molar-refractivity contribution >= 4 is 11.8 Å². The van der Waals surface area contributed by atoms with Gasteiger partial charge in [-0.05, 0) is 44.7 Å². The second kappa shape index (κ2) is 7.61. The van der Waals surface area contributed by atoms with Crippen molar-refractivity contribution in [2.45, 2.75) is 32.7 Å². The Hall–Kier alpha value is -3.16. The number of hydrogen-bond acceptors (Lipinski definition) is 4. The lowest BCUT2D eigenvalue weighted by Crippen LogP contribution is -2.45. The molecule has 0 bridgehead atoms. The highest BCUT2D eigenvalue weighted by atomic mass is 16.2. The third-order valence-electron chi connectivity index (χ3n) is 4.47. The van der Waals surface area contributed by atoms with E-state index in [9.17, 15) is 19.2 Å². The zero-order valence-electron chi connectivity index (χ0n) is 15.2. The average Bonchev–Trinajstić information content (AvgIpc) is 3.41. The zero-order valence-corrected chi connectivity index (χ0v) is 15.2.